The fourth-order valence-electron chi connectivity index (χ4n) is 1.19. The quantitative estimate of drug-likeness (QED) is 0.686. The van der Waals surface area contributed by atoms with Crippen molar-refractivity contribution in [2.45, 2.75) is 6.92 Å². The van der Waals surface area contributed by atoms with Gasteiger partial charge in [0, 0.05) is 0 Å². The third-order valence-corrected chi connectivity index (χ3v) is 1.93. The average molecular weight is 203 g/mol. The standard InChI is InChI=1S/C12H10FNO/c1-9-2-7-12(15-9)8-14-11-5-3-10(13)4-6-11/h2-8H,1H3. The van der Waals surface area contributed by atoms with Gasteiger partial charge in [0.2, 0.25) is 0 Å². The number of hydrogen-bond acceptors (Lipinski definition) is 2. The van der Waals surface area contributed by atoms with Crippen LogP contribution in [0.3, 0.4) is 0 Å². The number of furan rings is 1. The van der Waals surface area contributed by atoms with Crippen molar-refractivity contribution < 1.29 is 8.81 Å². The monoisotopic (exact) mass is 203 g/mol. The highest BCUT2D eigenvalue weighted by molar-refractivity contribution is 5.78. The van der Waals surface area contributed by atoms with Crippen LogP contribution >= 0.6 is 0 Å². The smallest absolute Gasteiger partial charge is 0.145 e. The molecule has 0 amide bonds. The molecule has 0 atom stereocenters. The van der Waals surface area contributed by atoms with Crippen molar-refractivity contribution in [3.8, 4) is 0 Å². The SMILES string of the molecule is Cc1ccc(C=Nc2ccc(F)cc2)o1. The lowest BCUT2D eigenvalue weighted by Crippen LogP contribution is -1.75. The van der Waals surface area contributed by atoms with Gasteiger partial charge in [-0.2, -0.15) is 0 Å². The van der Waals surface area contributed by atoms with E-state index in [4.69, 9.17) is 4.42 Å². The second-order valence-corrected chi connectivity index (χ2v) is 3.18. The summed E-state index contributed by atoms with van der Waals surface area (Å²) in [4.78, 5) is 4.15. The second-order valence-electron chi connectivity index (χ2n) is 3.18. The first kappa shape index (κ1) is 9.65. The number of rotatable bonds is 2. The highest BCUT2D eigenvalue weighted by atomic mass is 19.1. The molecule has 2 aromatic rings. The zero-order valence-electron chi connectivity index (χ0n) is 8.27. The van der Waals surface area contributed by atoms with E-state index in [2.05, 4.69) is 4.99 Å². The van der Waals surface area contributed by atoms with Crippen LogP contribution in [0.2, 0.25) is 0 Å². The Hall–Kier alpha value is -1.90. The highest BCUT2D eigenvalue weighted by Crippen LogP contribution is 2.12. The lowest BCUT2D eigenvalue weighted by atomic mass is 10.3. The molecule has 2 rings (SSSR count). The summed E-state index contributed by atoms with van der Waals surface area (Å²) in [5.41, 5.74) is 0.699. The molecule has 0 N–H and O–H groups in total. The van der Waals surface area contributed by atoms with Crippen LogP contribution in [0.15, 0.2) is 45.8 Å². The highest BCUT2D eigenvalue weighted by Gasteiger charge is 1.94. The molecule has 76 valence electrons. The molecule has 0 unspecified atom stereocenters. The van der Waals surface area contributed by atoms with Gasteiger partial charge in [0.25, 0.3) is 0 Å². The van der Waals surface area contributed by atoms with Crippen molar-refractivity contribution in [1.29, 1.82) is 0 Å². The third-order valence-electron chi connectivity index (χ3n) is 1.93. The minimum atomic E-state index is -0.261. The summed E-state index contributed by atoms with van der Waals surface area (Å²) in [7, 11) is 0. The Morgan fingerprint density at radius 2 is 1.87 bits per heavy atom. The van der Waals surface area contributed by atoms with Gasteiger partial charge in [-0.25, -0.2) is 4.39 Å². The van der Waals surface area contributed by atoms with Gasteiger partial charge in [-0.1, -0.05) is 0 Å². The fourth-order valence-corrected chi connectivity index (χ4v) is 1.19. The normalized spacial score (nSPS) is 11.1. The molecule has 0 radical (unpaired) electrons. The lowest BCUT2D eigenvalue weighted by Gasteiger charge is -1.91. The van der Waals surface area contributed by atoms with E-state index >= 15 is 0 Å². The topological polar surface area (TPSA) is 25.5 Å². The van der Waals surface area contributed by atoms with Crippen molar-refractivity contribution in [2.24, 2.45) is 4.99 Å². The van der Waals surface area contributed by atoms with Gasteiger partial charge in [-0.15, -0.1) is 0 Å². The lowest BCUT2D eigenvalue weighted by molar-refractivity contribution is 0.528. The summed E-state index contributed by atoms with van der Waals surface area (Å²) in [5.74, 6) is 1.27. The van der Waals surface area contributed by atoms with E-state index in [9.17, 15) is 4.39 Å². The molecule has 1 aromatic carbocycles. The van der Waals surface area contributed by atoms with Crippen LogP contribution in [0.25, 0.3) is 0 Å². The molecule has 0 fully saturated rings. The molecule has 0 saturated heterocycles. The largest absolute Gasteiger partial charge is 0.460 e. The van der Waals surface area contributed by atoms with Gasteiger partial charge < -0.3 is 4.42 Å². The maximum Gasteiger partial charge on any atom is 0.145 e. The third kappa shape index (κ3) is 2.53. The molecule has 0 saturated carbocycles. The summed E-state index contributed by atoms with van der Waals surface area (Å²) in [6.45, 7) is 1.87. The Labute approximate surface area is 87.1 Å². The summed E-state index contributed by atoms with van der Waals surface area (Å²) in [5, 5.41) is 0. The number of halogens is 1. The maximum atomic E-state index is 12.6. The van der Waals surface area contributed by atoms with Gasteiger partial charge in [0.1, 0.15) is 17.3 Å². The van der Waals surface area contributed by atoms with E-state index in [-0.39, 0.29) is 5.82 Å². The zero-order valence-corrected chi connectivity index (χ0v) is 8.27. The number of nitrogens with zero attached hydrogens (tertiary/aromatic N) is 1. The van der Waals surface area contributed by atoms with Crippen LogP contribution in [0.1, 0.15) is 11.5 Å². The van der Waals surface area contributed by atoms with Crippen LogP contribution in [0, 0.1) is 12.7 Å². The summed E-state index contributed by atoms with van der Waals surface area (Å²) >= 11 is 0. The van der Waals surface area contributed by atoms with E-state index in [1.807, 2.05) is 19.1 Å². The van der Waals surface area contributed by atoms with E-state index in [0.717, 1.165) is 5.76 Å². The first-order chi connectivity index (χ1) is 7.24. The molecule has 0 aliphatic rings. The van der Waals surface area contributed by atoms with Crippen LogP contribution in [-0.2, 0) is 0 Å². The average Bonchev–Trinajstić information content (AvgIpc) is 2.64. The Bertz CT molecular complexity index is 471. The predicted molar refractivity (Wildman–Crippen MR) is 57.1 cm³/mol. The maximum absolute atomic E-state index is 12.6. The molecular weight excluding hydrogens is 193 g/mol. The molecule has 3 heteroatoms. The predicted octanol–water partition coefficient (Wildman–Crippen LogP) is 3.48. The van der Waals surface area contributed by atoms with Crippen LogP contribution in [-0.4, -0.2) is 6.21 Å². The zero-order chi connectivity index (χ0) is 10.7. The van der Waals surface area contributed by atoms with Crippen molar-refractivity contribution >= 4 is 11.9 Å². The number of hydrogen-bond donors (Lipinski definition) is 0. The number of aryl methyl sites for hydroxylation is 1. The Kier molecular flexibility index (Phi) is 2.63. The molecule has 1 heterocycles. The molecule has 0 aliphatic heterocycles. The van der Waals surface area contributed by atoms with Gasteiger partial charge in [-0.05, 0) is 43.3 Å². The van der Waals surface area contributed by atoms with E-state index in [0.29, 0.717) is 11.4 Å². The van der Waals surface area contributed by atoms with Crippen LogP contribution < -0.4 is 0 Å². The van der Waals surface area contributed by atoms with Crippen molar-refractivity contribution in [1.82, 2.24) is 0 Å². The summed E-state index contributed by atoms with van der Waals surface area (Å²) in [6, 6.07) is 9.68. The van der Waals surface area contributed by atoms with Gasteiger partial charge in [0.05, 0.1) is 11.9 Å². The van der Waals surface area contributed by atoms with Crippen molar-refractivity contribution in [3.05, 3.63) is 53.7 Å². The molecule has 0 aliphatic carbocycles. The van der Waals surface area contributed by atoms with Crippen LogP contribution in [0.4, 0.5) is 10.1 Å². The van der Waals surface area contributed by atoms with Gasteiger partial charge >= 0.3 is 0 Å². The minimum Gasteiger partial charge on any atom is -0.460 e. The molecule has 1 aromatic heterocycles. The minimum absolute atomic E-state index is 0.261. The van der Waals surface area contributed by atoms with Gasteiger partial charge in [-0.3, -0.25) is 4.99 Å². The van der Waals surface area contributed by atoms with Crippen molar-refractivity contribution in [3.63, 3.8) is 0 Å². The molecule has 15 heavy (non-hydrogen) atoms. The second kappa shape index (κ2) is 4.09. The van der Waals surface area contributed by atoms with E-state index in [1.165, 1.54) is 12.1 Å². The molecule has 0 bridgehead atoms. The van der Waals surface area contributed by atoms with Gasteiger partial charge in [0.15, 0.2) is 0 Å². The Balaban J connectivity index is 2.14. The summed E-state index contributed by atoms with van der Waals surface area (Å²) in [6.07, 6.45) is 1.61. The molecule has 2 nitrogen and oxygen atoms in total. The van der Waals surface area contributed by atoms with Crippen LogP contribution in [0.5, 0.6) is 0 Å². The number of aliphatic imine (C=N–C) groups is 1. The first-order valence-corrected chi connectivity index (χ1v) is 4.60. The van der Waals surface area contributed by atoms with E-state index in [1.54, 1.807) is 18.3 Å². The number of benzene rings is 1. The molecule has 0 spiro atoms. The van der Waals surface area contributed by atoms with E-state index < -0.39 is 0 Å². The summed E-state index contributed by atoms with van der Waals surface area (Å²) < 4.78 is 17.9. The fraction of sp³-hybridized carbons (Fsp3) is 0.0833. The Morgan fingerprint density at radius 3 is 2.47 bits per heavy atom. The van der Waals surface area contributed by atoms with Crippen molar-refractivity contribution in [2.75, 3.05) is 0 Å². The first-order valence-electron chi connectivity index (χ1n) is 4.60. The molecular formula is C12H10FNO. The Morgan fingerprint density at radius 1 is 1.13 bits per heavy atom.